The number of nitrogens with one attached hydrogen (secondary N) is 1. The second-order valence-corrected chi connectivity index (χ2v) is 4.75. The van der Waals surface area contributed by atoms with Crippen molar-refractivity contribution in [2.24, 2.45) is 5.92 Å². The Hall–Kier alpha value is -2.23. The summed E-state index contributed by atoms with van der Waals surface area (Å²) >= 11 is 0. The van der Waals surface area contributed by atoms with Gasteiger partial charge in [-0.05, 0) is 17.9 Å². The summed E-state index contributed by atoms with van der Waals surface area (Å²) in [7, 11) is 1.55. The van der Waals surface area contributed by atoms with Gasteiger partial charge in [0.2, 0.25) is 0 Å². The van der Waals surface area contributed by atoms with Gasteiger partial charge in [-0.15, -0.1) is 0 Å². The molecule has 0 aliphatic rings. The molecule has 0 radical (unpaired) electrons. The summed E-state index contributed by atoms with van der Waals surface area (Å²) in [5.41, 5.74) is 1.78. The maximum Gasteiger partial charge on any atom is 0.271 e. The molecule has 4 nitrogen and oxygen atoms in total. The fourth-order valence-corrected chi connectivity index (χ4v) is 1.63. The molecule has 1 aromatic carbocycles. The lowest BCUT2D eigenvalue weighted by Gasteiger charge is -2.02. The van der Waals surface area contributed by atoms with Crippen LogP contribution in [-0.2, 0) is 6.42 Å². The molecule has 0 atom stereocenters. The smallest absolute Gasteiger partial charge is 0.271 e. The Morgan fingerprint density at radius 3 is 2.40 bits per heavy atom. The first-order valence-electron chi connectivity index (χ1n) is 6.65. The minimum absolute atomic E-state index is 0.215. The third kappa shape index (κ3) is 6.09. The van der Waals surface area contributed by atoms with Crippen molar-refractivity contribution in [3.8, 4) is 0 Å². The molecule has 4 heteroatoms. The number of carbonyl (C=O) groups excluding carboxylic acids is 1. The molecule has 2 aromatic rings. The Labute approximate surface area is 120 Å². The van der Waals surface area contributed by atoms with E-state index < -0.39 is 0 Å². The van der Waals surface area contributed by atoms with Gasteiger partial charge in [0.1, 0.15) is 5.69 Å². The molecule has 0 bridgehead atoms. The molecule has 1 amide bonds. The SMILES string of the molecule is CC(C)Cc1ccccc1.CNC(=O)c1cnccn1. The Kier molecular flexibility index (Phi) is 6.96. The van der Waals surface area contributed by atoms with Crippen molar-refractivity contribution in [1.29, 1.82) is 0 Å². The molecule has 0 fully saturated rings. The number of aromatic nitrogens is 2. The molecule has 1 heterocycles. The van der Waals surface area contributed by atoms with Crippen molar-refractivity contribution >= 4 is 5.91 Å². The highest BCUT2D eigenvalue weighted by atomic mass is 16.1. The summed E-state index contributed by atoms with van der Waals surface area (Å²) in [6, 6.07) is 10.6. The average molecular weight is 271 g/mol. The second kappa shape index (κ2) is 8.80. The predicted octanol–water partition coefficient (Wildman–Crippen LogP) is 2.72. The molecule has 0 saturated carbocycles. The first-order valence-corrected chi connectivity index (χ1v) is 6.65. The van der Waals surface area contributed by atoms with E-state index in [1.54, 1.807) is 7.05 Å². The Bertz CT molecular complexity index is 498. The summed E-state index contributed by atoms with van der Waals surface area (Å²) in [6.07, 6.45) is 5.61. The van der Waals surface area contributed by atoms with Crippen LogP contribution >= 0.6 is 0 Å². The van der Waals surface area contributed by atoms with Crippen molar-refractivity contribution in [1.82, 2.24) is 15.3 Å². The molecule has 0 unspecified atom stereocenters. The first kappa shape index (κ1) is 15.8. The van der Waals surface area contributed by atoms with Gasteiger partial charge in [-0.3, -0.25) is 9.78 Å². The number of benzene rings is 1. The topological polar surface area (TPSA) is 54.9 Å². The molecule has 0 aliphatic heterocycles. The zero-order chi connectivity index (χ0) is 14.8. The highest BCUT2D eigenvalue weighted by molar-refractivity contribution is 5.91. The van der Waals surface area contributed by atoms with Crippen molar-refractivity contribution in [3.63, 3.8) is 0 Å². The van der Waals surface area contributed by atoms with Gasteiger partial charge in [0.05, 0.1) is 6.20 Å². The van der Waals surface area contributed by atoms with Gasteiger partial charge in [0, 0.05) is 19.4 Å². The van der Waals surface area contributed by atoms with E-state index >= 15 is 0 Å². The van der Waals surface area contributed by atoms with E-state index in [0.717, 1.165) is 5.92 Å². The van der Waals surface area contributed by atoms with Gasteiger partial charge < -0.3 is 5.32 Å². The highest BCUT2D eigenvalue weighted by Crippen LogP contribution is 2.06. The number of hydrogen-bond acceptors (Lipinski definition) is 3. The van der Waals surface area contributed by atoms with Crippen LogP contribution in [0.2, 0.25) is 0 Å². The van der Waals surface area contributed by atoms with Gasteiger partial charge in [-0.1, -0.05) is 44.2 Å². The van der Waals surface area contributed by atoms with Gasteiger partial charge >= 0.3 is 0 Å². The lowest BCUT2D eigenvalue weighted by atomic mass is 10.0. The molecular formula is C16H21N3O. The van der Waals surface area contributed by atoms with E-state index in [4.69, 9.17) is 0 Å². The third-order valence-corrected chi connectivity index (χ3v) is 2.51. The van der Waals surface area contributed by atoms with Crippen molar-refractivity contribution in [2.75, 3.05) is 7.05 Å². The Morgan fingerprint density at radius 1 is 1.20 bits per heavy atom. The number of carbonyl (C=O) groups is 1. The van der Waals surface area contributed by atoms with Crippen LogP contribution in [0.3, 0.4) is 0 Å². The second-order valence-electron chi connectivity index (χ2n) is 4.75. The van der Waals surface area contributed by atoms with Crippen LogP contribution in [-0.4, -0.2) is 22.9 Å². The van der Waals surface area contributed by atoms with E-state index in [0.29, 0.717) is 5.69 Å². The fourth-order valence-electron chi connectivity index (χ4n) is 1.63. The highest BCUT2D eigenvalue weighted by Gasteiger charge is 2.01. The Morgan fingerprint density at radius 2 is 1.90 bits per heavy atom. The lowest BCUT2D eigenvalue weighted by molar-refractivity contribution is 0.0958. The minimum atomic E-state index is -0.215. The molecular weight excluding hydrogens is 250 g/mol. The van der Waals surface area contributed by atoms with Crippen LogP contribution in [0.25, 0.3) is 0 Å². The number of hydrogen-bond donors (Lipinski definition) is 1. The van der Waals surface area contributed by atoms with Gasteiger partial charge in [-0.2, -0.15) is 0 Å². The van der Waals surface area contributed by atoms with Crippen molar-refractivity contribution in [3.05, 3.63) is 60.2 Å². The predicted molar refractivity (Wildman–Crippen MR) is 80.4 cm³/mol. The zero-order valence-electron chi connectivity index (χ0n) is 12.2. The molecule has 0 saturated heterocycles. The summed E-state index contributed by atoms with van der Waals surface area (Å²) in [4.78, 5) is 18.3. The number of amides is 1. The first-order chi connectivity index (χ1) is 9.63. The molecule has 20 heavy (non-hydrogen) atoms. The maximum atomic E-state index is 10.8. The van der Waals surface area contributed by atoms with Gasteiger partial charge in [0.25, 0.3) is 5.91 Å². The molecule has 1 N–H and O–H groups in total. The molecule has 1 aromatic heterocycles. The Balaban J connectivity index is 0.000000200. The quantitative estimate of drug-likeness (QED) is 0.934. The minimum Gasteiger partial charge on any atom is -0.354 e. The van der Waals surface area contributed by atoms with E-state index in [2.05, 4.69) is 59.5 Å². The van der Waals surface area contributed by atoms with Crippen LogP contribution in [0.4, 0.5) is 0 Å². The number of nitrogens with zero attached hydrogens (tertiary/aromatic N) is 2. The third-order valence-electron chi connectivity index (χ3n) is 2.51. The number of rotatable bonds is 3. The van der Waals surface area contributed by atoms with Crippen LogP contribution in [0.1, 0.15) is 29.9 Å². The van der Waals surface area contributed by atoms with E-state index in [1.807, 2.05) is 0 Å². The monoisotopic (exact) mass is 271 g/mol. The normalized spacial score (nSPS) is 9.60. The zero-order valence-corrected chi connectivity index (χ0v) is 12.2. The largest absolute Gasteiger partial charge is 0.354 e. The van der Waals surface area contributed by atoms with E-state index in [1.165, 1.54) is 30.6 Å². The van der Waals surface area contributed by atoms with Gasteiger partial charge in [-0.25, -0.2) is 4.98 Å². The average Bonchev–Trinajstić information content (AvgIpc) is 2.48. The lowest BCUT2D eigenvalue weighted by Crippen LogP contribution is -2.19. The molecule has 0 aliphatic carbocycles. The summed E-state index contributed by atoms with van der Waals surface area (Å²) in [5, 5.41) is 2.44. The summed E-state index contributed by atoms with van der Waals surface area (Å²) in [6.45, 7) is 4.49. The van der Waals surface area contributed by atoms with Crippen LogP contribution in [0, 0.1) is 5.92 Å². The maximum absolute atomic E-state index is 10.8. The standard InChI is InChI=1S/C10H14.C6H7N3O/c1-9(2)8-10-6-4-3-5-7-10;1-7-6(10)5-4-8-2-3-9-5/h3-7,9H,8H2,1-2H3;2-4H,1H3,(H,7,10). The summed E-state index contributed by atoms with van der Waals surface area (Å²) in [5.74, 6) is 0.551. The van der Waals surface area contributed by atoms with E-state index in [-0.39, 0.29) is 5.91 Å². The van der Waals surface area contributed by atoms with Crippen molar-refractivity contribution in [2.45, 2.75) is 20.3 Å². The molecule has 0 spiro atoms. The summed E-state index contributed by atoms with van der Waals surface area (Å²) < 4.78 is 0. The van der Waals surface area contributed by atoms with Crippen molar-refractivity contribution < 1.29 is 4.79 Å². The van der Waals surface area contributed by atoms with Gasteiger partial charge in [0.15, 0.2) is 0 Å². The molecule has 2 rings (SSSR count). The van der Waals surface area contributed by atoms with Crippen LogP contribution in [0.15, 0.2) is 48.9 Å². The van der Waals surface area contributed by atoms with Crippen LogP contribution < -0.4 is 5.32 Å². The molecule has 106 valence electrons. The fraction of sp³-hybridized carbons (Fsp3) is 0.312. The van der Waals surface area contributed by atoms with Crippen LogP contribution in [0.5, 0.6) is 0 Å². The van der Waals surface area contributed by atoms with E-state index in [9.17, 15) is 4.79 Å².